The minimum atomic E-state index is 0.331. The molecule has 0 unspecified atom stereocenters. The van der Waals surface area contributed by atoms with Crippen molar-refractivity contribution in [2.24, 2.45) is 0 Å². The Kier molecular flexibility index (Phi) is 2.68. The molecule has 16 heavy (non-hydrogen) atoms. The Morgan fingerprint density at radius 3 is 2.56 bits per heavy atom. The number of hydrogen-bond donors (Lipinski definition) is 0. The van der Waals surface area contributed by atoms with Gasteiger partial charge in [-0.2, -0.15) is 10.2 Å². The van der Waals surface area contributed by atoms with Crippen LogP contribution in [0.4, 0.5) is 0 Å². The number of nitrogens with zero attached hydrogens (tertiary/aromatic N) is 5. The Bertz CT molecular complexity index is 501. The third-order valence-electron chi connectivity index (χ3n) is 2.47. The third kappa shape index (κ3) is 1.80. The van der Waals surface area contributed by atoms with Crippen LogP contribution in [0.5, 0.6) is 0 Å². The second kappa shape index (κ2) is 4.00. The Labute approximate surface area is 94.5 Å². The standard InChI is InChI=1S/C11H15N5/c1-7(2)16-6-12-15-11(16)10-5-8(3)13-14-9(10)4/h5-7H,1-4H3. The van der Waals surface area contributed by atoms with Crippen molar-refractivity contribution in [3.05, 3.63) is 23.8 Å². The van der Waals surface area contributed by atoms with Crippen molar-refractivity contribution in [3.63, 3.8) is 0 Å². The second-order valence-electron chi connectivity index (χ2n) is 4.14. The first-order valence-electron chi connectivity index (χ1n) is 5.30. The molecular weight excluding hydrogens is 202 g/mol. The molecule has 2 aromatic rings. The normalized spacial score (nSPS) is 11.1. The van der Waals surface area contributed by atoms with Crippen molar-refractivity contribution in [3.8, 4) is 11.4 Å². The van der Waals surface area contributed by atoms with Crippen LogP contribution in [0.2, 0.25) is 0 Å². The lowest BCUT2D eigenvalue weighted by atomic mass is 10.2. The summed E-state index contributed by atoms with van der Waals surface area (Å²) in [5.74, 6) is 0.852. The average Bonchev–Trinajstić information content (AvgIpc) is 2.70. The Morgan fingerprint density at radius 2 is 1.88 bits per heavy atom. The molecule has 5 nitrogen and oxygen atoms in total. The van der Waals surface area contributed by atoms with Crippen molar-refractivity contribution in [1.82, 2.24) is 25.0 Å². The monoisotopic (exact) mass is 217 g/mol. The van der Waals surface area contributed by atoms with E-state index in [1.165, 1.54) is 0 Å². The minimum absolute atomic E-state index is 0.331. The Morgan fingerprint density at radius 1 is 1.12 bits per heavy atom. The summed E-state index contributed by atoms with van der Waals surface area (Å²) in [7, 11) is 0. The molecule has 0 aliphatic rings. The highest BCUT2D eigenvalue weighted by Gasteiger charge is 2.13. The Hall–Kier alpha value is -1.78. The molecule has 2 aromatic heterocycles. The van der Waals surface area contributed by atoms with Gasteiger partial charge < -0.3 is 4.57 Å². The molecular formula is C11H15N5. The largest absolute Gasteiger partial charge is 0.311 e. The van der Waals surface area contributed by atoms with E-state index in [1.54, 1.807) is 6.33 Å². The molecule has 0 aromatic carbocycles. The molecule has 0 saturated heterocycles. The summed E-state index contributed by atoms with van der Waals surface area (Å²) in [4.78, 5) is 0. The van der Waals surface area contributed by atoms with Gasteiger partial charge in [-0.05, 0) is 33.8 Å². The van der Waals surface area contributed by atoms with Crippen molar-refractivity contribution in [2.75, 3.05) is 0 Å². The van der Waals surface area contributed by atoms with Crippen LogP contribution in [-0.4, -0.2) is 25.0 Å². The number of rotatable bonds is 2. The molecule has 5 heteroatoms. The molecule has 0 spiro atoms. The predicted molar refractivity (Wildman–Crippen MR) is 60.9 cm³/mol. The van der Waals surface area contributed by atoms with Gasteiger partial charge in [-0.1, -0.05) is 0 Å². The van der Waals surface area contributed by atoms with Gasteiger partial charge in [0.05, 0.1) is 11.4 Å². The first kappa shape index (κ1) is 10.7. The summed E-state index contributed by atoms with van der Waals surface area (Å²) in [6, 6.07) is 2.32. The van der Waals surface area contributed by atoms with Crippen molar-refractivity contribution >= 4 is 0 Å². The molecule has 0 bridgehead atoms. The molecule has 0 aliphatic heterocycles. The van der Waals surface area contributed by atoms with E-state index in [0.29, 0.717) is 6.04 Å². The molecule has 84 valence electrons. The first-order chi connectivity index (χ1) is 7.59. The molecule has 0 fully saturated rings. The van der Waals surface area contributed by atoms with Gasteiger partial charge in [0.25, 0.3) is 0 Å². The summed E-state index contributed by atoms with van der Waals surface area (Å²) < 4.78 is 2.03. The fourth-order valence-corrected chi connectivity index (χ4v) is 1.59. The van der Waals surface area contributed by atoms with E-state index in [0.717, 1.165) is 22.8 Å². The highest BCUT2D eigenvalue weighted by atomic mass is 15.3. The SMILES string of the molecule is Cc1cc(-c2nncn2C(C)C)c(C)nn1. The number of aromatic nitrogens is 5. The summed E-state index contributed by atoms with van der Waals surface area (Å²) >= 11 is 0. The second-order valence-corrected chi connectivity index (χ2v) is 4.14. The quantitative estimate of drug-likeness (QED) is 0.771. The van der Waals surface area contributed by atoms with E-state index in [-0.39, 0.29) is 0 Å². The topological polar surface area (TPSA) is 56.5 Å². The van der Waals surface area contributed by atoms with Crippen LogP contribution in [0, 0.1) is 13.8 Å². The van der Waals surface area contributed by atoms with Crippen LogP contribution < -0.4 is 0 Å². The summed E-state index contributed by atoms with van der Waals surface area (Å²) in [5.41, 5.74) is 2.76. The lowest BCUT2D eigenvalue weighted by Gasteiger charge is -2.11. The van der Waals surface area contributed by atoms with E-state index in [9.17, 15) is 0 Å². The van der Waals surface area contributed by atoms with Crippen LogP contribution in [0.1, 0.15) is 31.3 Å². The number of hydrogen-bond acceptors (Lipinski definition) is 4. The smallest absolute Gasteiger partial charge is 0.165 e. The molecule has 0 amide bonds. The molecule has 0 radical (unpaired) electrons. The van der Waals surface area contributed by atoms with Crippen molar-refractivity contribution in [1.29, 1.82) is 0 Å². The van der Waals surface area contributed by atoms with E-state index < -0.39 is 0 Å². The van der Waals surface area contributed by atoms with Gasteiger partial charge in [-0.25, -0.2) is 0 Å². The summed E-state index contributed by atoms with van der Waals surface area (Å²) in [6.45, 7) is 8.06. The molecule has 0 N–H and O–H groups in total. The Balaban J connectivity index is 2.58. The maximum absolute atomic E-state index is 4.15. The van der Waals surface area contributed by atoms with Gasteiger partial charge in [0.1, 0.15) is 6.33 Å². The van der Waals surface area contributed by atoms with Crippen LogP contribution in [0.15, 0.2) is 12.4 Å². The fourth-order valence-electron chi connectivity index (χ4n) is 1.59. The number of aryl methyl sites for hydroxylation is 2. The lowest BCUT2D eigenvalue weighted by molar-refractivity contribution is 0.603. The maximum atomic E-state index is 4.15. The molecule has 0 aliphatic carbocycles. The highest BCUT2D eigenvalue weighted by molar-refractivity contribution is 5.58. The zero-order valence-corrected chi connectivity index (χ0v) is 9.97. The van der Waals surface area contributed by atoms with Crippen LogP contribution in [0.3, 0.4) is 0 Å². The van der Waals surface area contributed by atoms with Gasteiger partial charge in [0.2, 0.25) is 0 Å². The lowest BCUT2D eigenvalue weighted by Crippen LogP contribution is -2.04. The van der Waals surface area contributed by atoms with Crippen molar-refractivity contribution < 1.29 is 0 Å². The summed E-state index contributed by atoms with van der Waals surface area (Å²) in [5, 5.41) is 16.2. The molecule has 2 rings (SSSR count). The molecule has 2 heterocycles. The zero-order valence-electron chi connectivity index (χ0n) is 9.97. The van der Waals surface area contributed by atoms with E-state index in [4.69, 9.17) is 0 Å². The third-order valence-corrected chi connectivity index (χ3v) is 2.47. The first-order valence-corrected chi connectivity index (χ1v) is 5.30. The van der Waals surface area contributed by atoms with Gasteiger partial charge in [-0.3, -0.25) is 0 Å². The highest BCUT2D eigenvalue weighted by Crippen LogP contribution is 2.22. The van der Waals surface area contributed by atoms with Gasteiger partial charge in [0, 0.05) is 11.6 Å². The van der Waals surface area contributed by atoms with E-state index in [1.807, 2.05) is 24.5 Å². The summed E-state index contributed by atoms with van der Waals surface area (Å²) in [6.07, 6.45) is 1.75. The molecule has 0 saturated carbocycles. The van der Waals surface area contributed by atoms with Crippen molar-refractivity contribution in [2.45, 2.75) is 33.7 Å². The van der Waals surface area contributed by atoms with E-state index >= 15 is 0 Å². The van der Waals surface area contributed by atoms with Gasteiger partial charge in [-0.15, -0.1) is 10.2 Å². The molecule has 0 atom stereocenters. The average molecular weight is 217 g/mol. The predicted octanol–water partition coefficient (Wildman–Crippen LogP) is 1.93. The fraction of sp³-hybridized carbons (Fsp3) is 0.455. The van der Waals surface area contributed by atoms with Crippen LogP contribution in [-0.2, 0) is 0 Å². The van der Waals surface area contributed by atoms with Gasteiger partial charge in [0.15, 0.2) is 5.82 Å². The van der Waals surface area contributed by atoms with Gasteiger partial charge >= 0.3 is 0 Å². The van der Waals surface area contributed by atoms with E-state index in [2.05, 4.69) is 34.2 Å². The minimum Gasteiger partial charge on any atom is -0.311 e. The van der Waals surface area contributed by atoms with Crippen LogP contribution >= 0.6 is 0 Å². The van der Waals surface area contributed by atoms with Crippen LogP contribution in [0.25, 0.3) is 11.4 Å². The zero-order chi connectivity index (χ0) is 11.7. The maximum Gasteiger partial charge on any atom is 0.165 e.